The molecule has 1 N–H and O–H groups in total. The number of carbonyl (C=O) groups is 1. The Labute approximate surface area is 114 Å². The molecule has 5 heteroatoms. The first-order chi connectivity index (χ1) is 9.08. The summed E-state index contributed by atoms with van der Waals surface area (Å²) in [7, 11) is 0. The van der Waals surface area contributed by atoms with Crippen molar-refractivity contribution < 1.29 is 13.6 Å². The molecule has 98 valence electrons. The fourth-order valence-corrected chi connectivity index (χ4v) is 1.88. The molecule has 0 aliphatic carbocycles. The van der Waals surface area contributed by atoms with Crippen LogP contribution in [0.15, 0.2) is 47.4 Å². The summed E-state index contributed by atoms with van der Waals surface area (Å²) in [5.74, 6) is -1.48. The first kappa shape index (κ1) is 13.5. The van der Waals surface area contributed by atoms with Gasteiger partial charge in [0, 0.05) is 17.0 Å². The van der Waals surface area contributed by atoms with Gasteiger partial charge in [0.05, 0.1) is 5.56 Å². The quantitative estimate of drug-likeness (QED) is 0.830. The normalized spacial score (nSPS) is 10.3. The molecule has 2 rings (SSSR count). The van der Waals surface area contributed by atoms with Gasteiger partial charge in [-0.3, -0.25) is 4.79 Å². The maximum atomic E-state index is 13.4. The van der Waals surface area contributed by atoms with Gasteiger partial charge < -0.3 is 5.32 Å². The van der Waals surface area contributed by atoms with Crippen molar-refractivity contribution in [3.8, 4) is 0 Å². The number of carbonyl (C=O) groups excluding carboxylic acids is 1. The summed E-state index contributed by atoms with van der Waals surface area (Å²) < 4.78 is 26.3. The SMILES string of the molecule is O=C(NCc1cc(F)ccc1F)c1ccccc1S. The number of rotatable bonds is 3. The lowest BCUT2D eigenvalue weighted by atomic mass is 10.2. The van der Waals surface area contributed by atoms with Gasteiger partial charge in [-0.05, 0) is 30.3 Å². The van der Waals surface area contributed by atoms with Crippen molar-refractivity contribution in [2.24, 2.45) is 0 Å². The molecule has 2 aromatic rings. The van der Waals surface area contributed by atoms with E-state index < -0.39 is 11.6 Å². The summed E-state index contributed by atoms with van der Waals surface area (Å²) in [4.78, 5) is 12.4. The van der Waals surface area contributed by atoms with Crippen LogP contribution in [0.2, 0.25) is 0 Å². The number of halogens is 2. The van der Waals surface area contributed by atoms with Gasteiger partial charge in [0.1, 0.15) is 11.6 Å². The summed E-state index contributed by atoms with van der Waals surface area (Å²) in [5, 5.41) is 2.53. The van der Waals surface area contributed by atoms with Gasteiger partial charge >= 0.3 is 0 Å². The maximum absolute atomic E-state index is 13.4. The number of benzene rings is 2. The molecule has 0 aliphatic heterocycles. The van der Waals surface area contributed by atoms with Crippen LogP contribution in [0, 0.1) is 11.6 Å². The Morgan fingerprint density at radius 3 is 2.63 bits per heavy atom. The van der Waals surface area contributed by atoms with Crippen LogP contribution in [0.3, 0.4) is 0 Å². The highest BCUT2D eigenvalue weighted by molar-refractivity contribution is 7.80. The summed E-state index contributed by atoms with van der Waals surface area (Å²) in [5.41, 5.74) is 0.493. The predicted octanol–water partition coefficient (Wildman–Crippen LogP) is 3.18. The monoisotopic (exact) mass is 279 g/mol. The minimum Gasteiger partial charge on any atom is -0.348 e. The molecule has 0 atom stereocenters. The molecule has 0 aliphatic rings. The van der Waals surface area contributed by atoms with Gasteiger partial charge in [0.2, 0.25) is 0 Å². The van der Waals surface area contributed by atoms with E-state index in [2.05, 4.69) is 17.9 Å². The van der Waals surface area contributed by atoms with Crippen LogP contribution in [-0.2, 0) is 6.54 Å². The van der Waals surface area contributed by atoms with Crippen molar-refractivity contribution in [2.75, 3.05) is 0 Å². The highest BCUT2D eigenvalue weighted by atomic mass is 32.1. The van der Waals surface area contributed by atoms with Crippen LogP contribution in [0.5, 0.6) is 0 Å². The van der Waals surface area contributed by atoms with Crippen molar-refractivity contribution in [1.82, 2.24) is 5.32 Å². The Balaban J connectivity index is 2.09. The first-order valence-electron chi connectivity index (χ1n) is 5.58. The molecule has 0 heterocycles. The Kier molecular flexibility index (Phi) is 4.16. The molecule has 0 aromatic heterocycles. The lowest BCUT2D eigenvalue weighted by Crippen LogP contribution is -2.23. The van der Waals surface area contributed by atoms with E-state index >= 15 is 0 Å². The third kappa shape index (κ3) is 3.32. The van der Waals surface area contributed by atoms with Crippen LogP contribution in [0.1, 0.15) is 15.9 Å². The van der Waals surface area contributed by atoms with Gasteiger partial charge in [-0.25, -0.2) is 8.78 Å². The van der Waals surface area contributed by atoms with Crippen LogP contribution in [0.25, 0.3) is 0 Å². The van der Waals surface area contributed by atoms with E-state index in [1.807, 2.05) is 0 Å². The third-order valence-corrected chi connectivity index (χ3v) is 2.99. The summed E-state index contributed by atoms with van der Waals surface area (Å²) in [6.07, 6.45) is 0. The predicted molar refractivity (Wildman–Crippen MR) is 71.2 cm³/mol. The lowest BCUT2D eigenvalue weighted by Gasteiger charge is -2.08. The van der Waals surface area contributed by atoms with E-state index in [1.54, 1.807) is 24.3 Å². The molecule has 0 radical (unpaired) electrons. The average molecular weight is 279 g/mol. The fourth-order valence-electron chi connectivity index (χ4n) is 1.62. The van der Waals surface area contributed by atoms with Crippen molar-refractivity contribution in [1.29, 1.82) is 0 Å². The maximum Gasteiger partial charge on any atom is 0.252 e. The second-order valence-corrected chi connectivity index (χ2v) is 4.42. The van der Waals surface area contributed by atoms with Gasteiger partial charge in [-0.2, -0.15) is 0 Å². The standard InChI is InChI=1S/C14H11F2NOS/c15-10-5-6-12(16)9(7-10)8-17-14(18)11-3-1-2-4-13(11)19/h1-7,19H,8H2,(H,17,18). The van der Waals surface area contributed by atoms with Crippen molar-refractivity contribution >= 4 is 18.5 Å². The van der Waals surface area contributed by atoms with Gasteiger partial charge in [-0.15, -0.1) is 12.6 Å². The zero-order valence-corrected chi connectivity index (χ0v) is 10.8. The summed E-state index contributed by atoms with van der Waals surface area (Å²) in [6.45, 7) is -0.0788. The number of hydrogen-bond acceptors (Lipinski definition) is 2. The van der Waals surface area contributed by atoms with E-state index in [0.29, 0.717) is 10.5 Å². The average Bonchev–Trinajstić information content (AvgIpc) is 2.40. The number of hydrogen-bond donors (Lipinski definition) is 2. The minimum atomic E-state index is -0.555. The summed E-state index contributed by atoms with van der Waals surface area (Å²) >= 11 is 4.16. The zero-order valence-electron chi connectivity index (χ0n) is 9.86. The molecule has 0 bridgehead atoms. The molecule has 0 unspecified atom stereocenters. The minimum absolute atomic E-state index is 0.0788. The van der Waals surface area contributed by atoms with Crippen molar-refractivity contribution in [3.63, 3.8) is 0 Å². The molecular weight excluding hydrogens is 268 g/mol. The molecule has 0 saturated heterocycles. The smallest absolute Gasteiger partial charge is 0.252 e. The Morgan fingerprint density at radius 2 is 1.89 bits per heavy atom. The largest absolute Gasteiger partial charge is 0.348 e. The van der Waals surface area contributed by atoms with Crippen molar-refractivity contribution in [2.45, 2.75) is 11.4 Å². The van der Waals surface area contributed by atoms with Crippen LogP contribution in [0.4, 0.5) is 8.78 Å². The zero-order chi connectivity index (χ0) is 13.8. The lowest BCUT2D eigenvalue weighted by molar-refractivity contribution is 0.0947. The molecule has 2 aromatic carbocycles. The number of amides is 1. The highest BCUT2D eigenvalue weighted by Crippen LogP contribution is 2.13. The van der Waals surface area contributed by atoms with E-state index in [0.717, 1.165) is 18.2 Å². The molecule has 1 amide bonds. The van der Waals surface area contributed by atoms with E-state index in [9.17, 15) is 13.6 Å². The molecule has 2 nitrogen and oxygen atoms in total. The van der Waals surface area contributed by atoms with E-state index in [1.165, 1.54) is 0 Å². The second kappa shape index (κ2) is 5.84. The topological polar surface area (TPSA) is 29.1 Å². The van der Waals surface area contributed by atoms with E-state index in [4.69, 9.17) is 0 Å². The second-order valence-electron chi connectivity index (χ2n) is 3.94. The number of nitrogens with one attached hydrogen (secondary N) is 1. The van der Waals surface area contributed by atoms with Crippen molar-refractivity contribution in [3.05, 3.63) is 65.2 Å². The van der Waals surface area contributed by atoms with Gasteiger partial charge in [0.15, 0.2) is 0 Å². The molecule has 0 spiro atoms. The van der Waals surface area contributed by atoms with Crippen LogP contribution in [-0.4, -0.2) is 5.91 Å². The van der Waals surface area contributed by atoms with Crippen LogP contribution >= 0.6 is 12.6 Å². The Hall–Kier alpha value is -1.88. The molecule has 0 fully saturated rings. The summed E-state index contributed by atoms with van der Waals surface area (Å²) in [6, 6.07) is 9.87. The first-order valence-corrected chi connectivity index (χ1v) is 6.03. The Morgan fingerprint density at radius 1 is 1.16 bits per heavy atom. The van der Waals surface area contributed by atoms with E-state index in [-0.39, 0.29) is 18.0 Å². The van der Waals surface area contributed by atoms with Crippen LogP contribution < -0.4 is 5.32 Å². The Bertz CT molecular complexity index is 616. The fraction of sp³-hybridized carbons (Fsp3) is 0.0714. The highest BCUT2D eigenvalue weighted by Gasteiger charge is 2.10. The van der Waals surface area contributed by atoms with Gasteiger partial charge in [-0.1, -0.05) is 12.1 Å². The molecule has 19 heavy (non-hydrogen) atoms. The molecule has 0 saturated carbocycles. The van der Waals surface area contributed by atoms with Gasteiger partial charge in [0.25, 0.3) is 5.91 Å². The third-order valence-electron chi connectivity index (χ3n) is 2.60. The molecular formula is C14H11F2NOS. The number of thiol groups is 1.